The summed E-state index contributed by atoms with van der Waals surface area (Å²) in [7, 11) is 0. The van der Waals surface area contributed by atoms with Crippen LogP contribution in [0.3, 0.4) is 0 Å². The third-order valence-electron chi connectivity index (χ3n) is 4.15. The zero-order valence-corrected chi connectivity index (χ0v) is 14.7. The molecule has 1 aliphatic rings. The van der Waals surface area contributed by atoms with E-state index >= 15 is 0 Å². The summed E-state index contributed by atoms with van der Waals surface area (Å²) in [5.74, 6) is -0.509. The molecule has 1 unspecified atom stereocenters. The van der Waals surface area contributed by atoms with Crippen molar-refractivity contribution in [2.24, 2.45) is 0 Å². The zero-order chi connectivity index (χ0) is 17.8. The standard InChI is InChI=1S/C19H19FN2O2S/c1-2-16-19(24)21-11-12-22(16)18(23)10-8-15-7-9-17(25-15)13-3-5-14(20)6-4-13/h3-10,16H,2,11-12H2,1H3,(H,21,24)/b10-8+. The first-order valence-corrected chi connectivity index (χ1v) is 9.02. The molecule has 6 heteroatoms. The van der Waals surface area contributed by atoms with Gasteiger partial charge in [0, 0.05) is 28.9 Å². The maximum Gasteiger partial charge on any atom is 0.247 e. The van der Waals surface area contributed by atoms with E-state index in [9.17, 15) is 14.0 Å². The molecule has 0 aliphatic carbocycles. The van der Waals surface area contributed by atoms with Crippen LogP contribution < -0.4 is 5.32 Å². The Morgan fingerprint density at radius 3 is 2.80 bits per heavy atom. The van der Waals surface area contributed by atoms with E-state index in [0.717, 1.165) is 15.3 Å². The minimum atomic E-state index is -0.399. The first kappa shape index (κ1) is 17.4. The Balaban J connectivity index is 1.70. The molecule has 2 amide bonds. The molecule has 0 spiro atoms. The Morgan fingerprint density at radius 2 is 2.08 bits per heavy atom. The van der Waals surface area contributed by atoms with Crippen LogP contribution in [0.5, 0.6) is 0 Å². The van der Waals surface area contributed by atoms with Crippen LogP contribution in [0.15, 0.2) is 42.5 Å². The lowest BCUT2D eigenvalue weighted by atomic mass is 10.1. The molecule has 1 aliphatic heterocycles. The van der Waals surface area contributed by atoms with E-state index in [1.807, 2.05) is 19.1 Å². The Morgan fingerprint density at radius 1 is 1.32 bits per heavy atom. The van der Waals surface area contributed by atoms with Crippen LogP contribution >= 0.6 is 11.3 Å². The summed E-state index contributed by atoms with van der Waals surface area (Å²) >= 11 is 1.53. The monoisotopic (exact) mass is 358 g/mol. The van der Waals surface area contributed by atoms with Crippen molar-refractivity contribution in [3.8, 4) is 10.4 Å². The van der Waals surface area contributed by atoms with Crippen LogP contribution in [0.1, 0.15) is 18.2 Å². The van der Waals surface area contributed by atoms with E-state index in [0.29, 0.717) is 19.5 Å². The van der Waals surface area contributed by atoms with E-state index in [1.165, 1.54) is 29.5 Å². The number of hydrogen-bond acceptors (Lipinski definition) is 3. The van der Waals surface area contributed by atoms with E-state index in [4.69, 9.17) is 0 Å². The first-order chi connectivity index (χ1) is 12.1. The fraction of sp³-hybridized carbons (Fsp3) is 0.263. The fourth-order valence-corrected chi connectivity index (χ4v) is 3.76. The van der Waals surface area contributed by atoms with Crippen molar-refractivity contribution in [2.45, 2.75) is 19.4 Å². The highest BCUT2D eigenvalue weighted by molar-refractivity contribution is 7.16. The van der Waals surface area contributed by atoms with Gasteiger partial charge in [0.2, 0.25) is 11.8 Å². The van der Waals surface area contributed by atoms with Crippen LogP contribution in [-0.4, -0.2) is 35.8 Å². The molecule has 0 bridgehead atoms. The lowest BCUT2D eigenvalue weighted by Crippen LogP contribution is -2.56. The topological polar surface area (TPSA) is 49.4 Å². The smallest absolute Gasteiger partial charge is 0.247 e. The zero-order valence-electron chi connectivity index (χ0n) is 13.9. The number of nitrogens with one attached hydrogen (secondary N) is 1. The van der Waals surface area contributed by atoms with Crippen molar-refractivity contribution in [3.63, 3.8) is 0 Å². The van der Waals surface area contributed by atoms with Gasteiger partial charge in [0.1, 0.15) is 11.9 Å². The van der Waals surface area contributed by atoms with Gasteiger partial charge in [0.25, 0.3) is 0 Å². The number of amides is 2. The number of carbonyl (C=O) groups excluding carboxylic acids is 2. The maximum absolute atomic E-state index is 13.0. The summed E-state index contributed by atoms with van der Waals surface area (Å²) in [5.41, 5.74) is 0.941. The average Bonchev–Trinajstić information content (AvgIpc) is 3.09. The van der Waals surface area contributed by atoms with Crippen molar-refractivity contribution < 1.29 is 14.0 Å². The SMILES string of the molecule is CCC1C(=O)NCCN1C(=O)/C=C/c1ccc(-c2ccc(F)cc2)s1. The molecule has 2 heterocycles. The molecule has 1 atom stereocenters. The van der Waals surface area contributed by atoms with Gasteiger partial charge in [-0.25, -0.2) is 4.39 Å². The molecular formula is C19H19FN2O2S. The third-order valence-corrected chi connectivity index (χ3v) is 5.25. The Bertz CT molecular complexity index is 798. The largest absolute Gasteiger partial charge is 0.353 e. The van der Waals surface area contributed by atoms with Gasteiger partial charge in [0.15, 0.2) is 0 Å². The minimum absolute atomic E-state index is 0.0924. The quantitative estimate of drug-likeness (QED) is 0.853. The second-order valence-corrected chi connectivity index (χ2v) is 6.90. The number of rotatable bonds is 4. The molecule has 1 N–H and O–H groups in total. The van der Waals surface area contributed by atoms with Crippen LogP contribution in [0.2, 0.25) is 0 Å². The molecule has 1 aromatic carbocycles. The van der Waals surface area contributed by atoms with Crippen molar-refractivity contribution in [2.75, 3.05) is 13.1 Å². The summed E-state index contributed by atoms with van der Waals surface area (Å²) in [6, 6.07) is 9.80. The molecule has 2 aromatic rings. The third kappa shape index (κ3) is 3.96. The Hall–Kier alpha value is -2.47. The van der Waals surface area contributed by atoms with E-state index < -0.39 is 6.04 Å². The summed E-state index contributed by atoms with van der Waals surface area (Å²) in [5, 5.41) is 2.79. The van der Waals surface area contributed by atoms with Gasteiger partial charge in [-0.2, -0.15) is 0 Å². The molecule has 1 aromatic heterocycles. The van der Waals surface area contributed by atoms with Gasteiger partial charge in [-0.3, -0.25) is 9.59 Å². The van der Waals surface area contributed by atoms with Crippen LogP contribution in [0.4, 0.5) is 4.39 Å². The molecule has 130 valence electrons. The molecule has 0 radical (unpaired) electrons. The van der Waals surface area contributed by atoms with Gasteiger partial charge < -0.3 is 10.2 Å². The highest BCUT2D eigenvalue weighted by Crippen LogP contribution is 2.29. The van der Waals surface area contributed by atoms with Crippen LogP contribution in [0, 0.1) is 5.82 Å². The van der Waals surface area contributed by atoms with Gasteiger partial charge >= 0.3 is 0 Å². The van der Waals surface area contributed by atoms with Crippen molar-refractivity contribution >= 4 is 29.2 Å². The summed E-state index contributed by atoms with van der Waals surface area (Å²) in [4.78, 5) is 27.8. The molecule has 4 nitrogen and oxygen atoms in total. The number of carbonyl (C=O) groups is 2. The molecule has 3 rings (SSSR count). The summed E-state index contributed by atoms with van der Waals surface area (Å²) in [6.07, 6.45) is 3.87. The molecule has 1 saturated heterocycles. The fourth-order valence-electron chi connectivity index (χ4n) is 2.85. The van der Waals surface area contributed by atoms with E-state index in [2.05, 4.69) is 5.32 Å². The summed E-state index contributed by atoms with van der Waals surface area (Å²) < 4.78 is 13.0. The highest BCUT2D eigenvalue weighted by atomic mass is 32.1. The molecule has 1 fully saturated rings. The highest BCUT2D eigenvalue weighted by Gasteiger charge is 2.30. The number of nitrogens with zero attached hydrogens (tertiary/aromatic N) is 1. The predicted octanol–water partition coefficient (Wildman–Crippen LogP) is 3.30. The second-order valence-electron chi connectivity index (χ2n) is 5.79. The van der Waals surface area contributed by atoms with Crippen molar-refractivity contribution in [3.05, 3.63) is 53.2 Å². The maximum atomic E-state index is 13.0. The van der Waals surface area contributed by atoms with E-state index in [-0.39, 0.29) is 17.6 Å². The van der Waals surface area contributed by atoms with Gasteiger partial charge in [-0.05, 0) is 42.3 Å². The molecule has 25 heavy (non-hydrogen) atoms. The summed E-state index contributed by atoms with van der Waals surface area (Å²) in [6.45, 7) is 2.91. The number of benzene rings is 1. The van der Waals surface area contributed by atoms with Crippen LogP contribution in [0.25, 0.3) is 16.5 Å². The Kier molecular flexibility index (Phi) is 5.28. The number of piperazine rings is 1. The second kappa shape index (κ2) is 7.61. The van der Waals surface area contributed by atoms with Crippen molar-refractivity contribution in [1.29, 1.82) is 0 Å². The van der Waals surface area contributed by atoms with Gasteiger partial charge in [-0.1, -0.05) is 19.1 Å². The number of halogens is 1. The lowest BCUT2D eigenvalue weighted by molar-refractivity contribution is -0.140. The normalized spacial score (nSPS) is 17.8. The van der Waals surface area contributed by atoms with Gasteiger partial charge in [0.05, 0.1) is 0 Å². The first-order valence-electron chi connectivity index (χ1n) is 8.20. The average molecular weight is 358 g/mol. The molecular weight excluding hydrogens is 339 g/mol. The van der Waals surface area contributed by atoms with E-state index in [1.54, 1.807) is 23.1 Å². The van der Waals surface area contributed by atoms with Crippen molar-refractivity contribution in [1.82, 2.24) is 10.2 Å². The van der Waals surface area contributed by atoms with Crippen LogP contribution in [-0.2, 0) is 9.59 Å². The lowest BCUT2D eigenvalue weighted by Gasteiger charge is -2.33. The predicted molar refractivity (Wildman–Crippen MR) is 97.5 cm³/mol. The Labute approximate surface area is 150 Å². The number of thiophene rings is 1. The minimum Gasteiger partial charge on any atom is -0.353 e. The van der Waals surface area contributed by atoms with Gasteiger partial charge in [-0.15, -0.1) is 11.3 Å². The molecule has 0 saturated carbocycles. The number of hydrogen-bond donors (Lipinski definition) is 1.